The van der Waals surface area contributed by atoms with Crippen molar-refractivity contribution in [3.63, 3.8) is 0 Å². The van der Waals surface area contributed by atoms with Gasteiger partial charge in [0.05, 0.1) is 0 Å². The third-order valence-corrected chi connectivity index (χ3v) is 3.84. The van der Waals surface area contributed by atoms with Crippen molar-refractivity contribution in [1.82, 2.24) is 4.98 Å². The van der Waals surface area contributed by atoms with Crippen LogP contribution < -0.4 is 4.98 Å². The Hall–Kier alpha value is -0.313. The van der Waals surface area contributed by atoms with E-state index in [1.54, 1.807) is 0 Å². The van der Waals surface area contributed by atoms with E-state index in [-0.39, 0.29) is 5.91 Å². The van der Waals surface area contributed by atoms with Gasteiger partial charge in [0.25, 0.3) is 0 Å². The van der Waals surface area contributed by atoms with Crippen molar-refractivity contribution in [1.29, 1.82) is 0 Å². The zero-order chi connectivity index (χ0) is 12.8. The largest absolute Gasteiger partial charge is 0.391 e. The van der Waals surface area contributed by atoms with Crippen LogP contribution in [0.4, 0.5) is 0 Å². The van der Waals surface area contributed by atoms with Crippen LogP contribution in [0.25, 0.3) is 0 Å². The highest BCUT2D eigenvalue weighted by molar-refractivity contribution is 6.14. The summed E-state index contributed by atoms with van der Waals surface area (Å²) in [5.74, 6) is 0.243. The molecular formula is C14H31NOSi. The minimum Gasteiger partial charge on any atom is -0.391 e. The highest BCUT2D eigenvalue weighted by atomic mass is 28.2. The number of carbonyl (C=O) groups is 1. The maximum atomic E-state index is 11.0. The van der Waals surface area contributed by atoms with Crippen LogP contribution in [0.1, 0.15) is 84.0 Å². The number of hydrogen-bond donors (Lipinski definition) is 1. The molecule has 0 aliphatic carbocycles. The fourth-order valence-electron chi connectivity index (χ4n) is 2.07. The SMILES string of the molecule is CCCCCCCCCCCCCC(=O)N[SiH3]. The minimum absolute atomic E-state index is 0.243. The molecule has 102 valence electrons. The lowest BCUT2D eigenvalue weighted by Crippen LogP contribution is -2.18. The predicted molar refractivity (Wildman–Crippen MR) is 79.2 cm³/mol. The molecule has 0 saturated heterocycles. The Bertz CT molecular complexity index is 174. The lowest BCUT2D eigenvalue weighted by molar-refractivity contribution is -0.119. The average molecular weight is 257 g/mol. The topological polar surface area (TPSA) is 29.1 Å². The summed E-state index contributed by atoms with van der Waals surface area (Å²) in [7, 11) is 0.794. The summed E-state index contributed by atoms with van der Waals surface area (Å²) in [6, 6.07) is 0. The van der Waals surface area contributed by atoms with Gasteiger partial charge in [0.2, 0.25) is 5.91 Å². The van der Waals surface area contributed by atoms with Gasteiger partial charge in [-0.3, -0.25) is 4.79 Å². The number of amides is 1. The molecule has 0 unspecified atom stereocenters. The first-order valence-corrected chi connectivity index (χ1v) is 8.51. The standard InChI is InChI=1S/C14H31NOSi/c1-2-3-4-5-6-7-8-9-10-11-12-13-14(16)15-17/h2-13H2,1,17H3,(H,15,16). The van der Waals surface area contributed by atoms with E-state index in [9.17, 15) is 4.79 Å². The fourth-order valence-corrected chi connectivity index (χ4v) is 2.32. The summed E-state index contributed by atoms with van der Waals surface area (Å²) in [6.45, 7) is 2.26. The second-order valence-electron chi connectivity index (χ2n) is 4.96. The van der Waals surface area contributed by atoms with Gasteiger partial charge in [-0.15, -0.1) is 0 Å². The van der Waals surface area contributed by atoms with E-state index in [0.717, 1.165) is 23.2 Å². The van der Waals surface area contributed by atoms with E-state index < -0.39 is 0 Å². The van der Waals surface area contributed by atoms with E-state index in [4.69, 9.17) is 0 Å². The first kappa shape index (κ1) is 16.7. The molecule has 3 heteroatoms. The van der Waals surface area contributed by atoms with Gasteiger partial charge in [0.15, 0.2) is 0 Å². The summed E-state index contributed by atoms with van der Waals surface area (Å²) in [6.07, 6.45) is 15.5. The van der Waals surface area contributed by atoms with Gasteiger partial charge in [-0.1, -0.05) is 71.1 Å². The second-order valence-corrected chi connectivity index (χ2v) is 5.46. The van der Waals surface area contributed by atoms with Crippen molar-refractivity contribution < 1.29 is 4.79 Å². The first-order chi connectivity index (χ1) is 8.31. The highest BCUT2D eigenvalue weighted by Gasteiger charge is 1.97. The molecule has 0 atom stereocenters. The summed E-state index contributed by atoms with van der Waals surface area (Å²) >= 11 is 0. The molecule has 0 aromatic carbocycles. The lowest BCUT2D eigenvalue weighted by atomic mass is 10.1. The van der Waals surface area contributed by atoms with Crippen LogP contribution in [0.3, 0.4) is 0 Å². The third kappa shape index (κ3) is 13.6. The number of unbranched alkanes of at least 4 members (excludes halogenated alkanes) is 10. The van der Waals surface area contributed by atoms with E-state index in [0.29, 0.717) is 0 Å². The van der Waals surface area contributed by atoms with Gasteiger partial charge in [-0.25, -0.2) is 0 Å². The Morgan fingerprint density at radius 2 is 1.24 bits per heavy atom. The summed E-state index contributed by atoms with van der Waals surface area (Å²) in [5, 5.41) is 0. The normalized spacial score (nSPS) is 10.6. The van der Waals surface area contributed by atoms with Crippen molar-refractivity contribution in [3.05, 3.63) is 0 Å². The van der Waals surface area contributed by atoms with Gasteiger partial charge in [-0.05, 0) is 6.42 Å². The Balaban J connectivity index is 2.96. The Morgan fingerprint density at radius 3 is 1.65 bits per heavy atom. The van der Waals surface area contributed by atoms with Crippen molar-refractivity contribution in [2.75, 3.05) is 0 Å². The van der Waals surface area contributed by atoms with E-state index >= 15 is 0 Å². The van der Waals surface area contributed by atoms with Gasteiger partial charge in [0.1, 0.15) is 10.4 Å². The number of rotatable bonds is 12. The molecule has 17 heavy (non-hydrogen) atoms. The van der Waals surface area contributed by atoms with Gasteiger partial charge in [-0.2, -0.15) is 0 Å². The van der Waals surface area contributed by atoms with E-state index in [1.807, 2.05) is 0 Å². The Morgan fingerprint density at radius 1 is 0.824 bits per heavy atom. The smallest absolute Gasteiger partial charge is 0.211 e. The van der Waals surface area contributed by atoms with Crippen LogP contribution >= 0.6 is 0 Å². The molecule has 0 spiro atoms. The summed E-state index contributed by atoms with van der Waals surface area (Å²) in [5.41, 5.74) is 0. The van der Waals surface area contributed by atoms with Crippen molar-refractivity contribution in [2.45, 2.75) is 84.0 Å². The average Bonchev–Trinajstić information content (AvgIpc) is 2.35. The molecule has 0 rings (SSSR count). The molecule has 0 aromatic rings. The molecule has 0 radical (unpaired) electrons. The molecular weight excluding hydrogens is 226 g/mol. The number of carbonyl (C=O) groups excluding carboxylic acids is 1. The van der Waals surface area contributed by atoms with Crippen LogP contribution in [-0.2, 0) is 4.79 Å². The molecule has 0 fully saturated rings. The first-order valence-electron chi connectivity index (χ1n) is 7.51. The van der Waals surface area contributed by atoms with Crippen LogP contribution in [0.15, 0.2) is 0 Å². The van der Waals surface area contributed by atoms with Crippen LogP contribution in [0, 0.1) is 0 Å². The zero-order valence-electron chi connectivity index (χ0n) is 11.9. The fraction of sp³-hybridized carbons (Fsp3) is 0.929. The molecule has 0 saturated carbocycles. The van der Waals surface area contributed by atoms with Gasteiger partial charge in [0, 0.05) is 6.42 Å². The Kier molecular flexibility index (Phi) is 13.5. The second kappa shape index (κ2) is 13.8. The third-order valence-electron chi connectivity index (χ3n) is 3.29. The molecule has 1 amide bonds. The van der Waals surface area contributed by atoms with Gasteiger partial charge >= 0.3 is 0 Å². The summed E-state index contributed by atoms with van der Waals surface area (Å²) < 4.78 is 0. The van der Waals surface area contributed by atoms with Gasteiger partial charge < -0.3 is 4.98 Å². The molecule has 0 aliphatic rings. The van der Waals surface area contributed by atoms with E-state index in [1.165, 1.54) is 64.2 Å². The maximum Gasteiger partial charge on any atom is 0.211 e. The van der Waals surface area contributed by atoms with Crippen molar-refractivity contribution in [2.24, 2.45) is 0 Å². The lowest BCUT2D eigenvalue weighted by Gasteiger charge is -2.02. The van der Waals surface area contributed by atoms with Crippen molar-refractivity contribution >= 4 is 16.3 Å². The highest BCUT2D eigenvalue weighted by Crippen LogP contribution is 2.11. The molecule has 0 heterocycles. The number of hydrogen-bond acceptors (Lipinski definition) is 1. The monoisotopic (exact) mass is 257 g/mol. The quantitative estimate of drug-likeness (QED) is 0.422. The number of nitrogens with one attached hydrogen (secondary N) is 1. The summed E-state index contributed by atoms with van der Waals surface area (Å²) in [4.78, 5) is 13.8. The molecule has 0 aromatic heterocycles. The van der Waals surface area contributed by atoms with Crippen LogP contribution in [0.5, 0.6) is 0 Å². The Labute approximate surface area is 110 Å². The maximum absolute atomic E-state index is 11.0. The molecule has 1 N–H and O–H groups in total. The van der Waals surface area contributed by atoms with E-state index in [2.05, 4.69) is 11.9 Å². The molecule has 0 bridgehead atoms. The van der Waals surface area contributed by atoms with Crippen LogP contribution in [-0.4, -0.2) is 16.3 Å². The minimum atomic E-state index is 0.243. The van der Waals surface area contributed by atoms with Crippen LogP contribution in [0.2, 0.25) is 0 Å². The predicted octanol–water partition coefficient (Wildman–Crippen LogP) is 3.08. The molecule has 0 aliphatic heterocycles. The molecule has 2 nitrogen and oxygen atoms in total. The zero-order valence-corrected chi connectivity index (χ0v) is 13.9. The van der Waals surface area contributed by atoms with Crippen molar-refractivity contribution in [3.8, 4) is 0 Å².